The second-order valence-corrected chi connectivity index (χ2v) is 9.99. The van der Waals surface area contributed by atoms with Crippen LogP contribution in [0.25, 0.3) is 11.0 Å². The molecule has 0 bridgehead atoms. The summed E-state index contributed by atoms with van der Waals surface area (Å²) in [5, 5.41) is 10.2. The molecule has 0 aliphatic heterocycles. The number of fused-ring (bicyclic) bond motifs is 1. The highest BCUT2D eigenvalue weighted by atomic mass is 16.3. The number of carbonyl (C=O) groups is 1. The van der Waals surface area contributed by atoms with Crippen LogP contribution < -0.4 is 0 Å². The number of aromatic nitrogens is 2. The molecule has 0 unspecified atom stereocenters. The first-order valence-corrected chi connectivity index (χ1v) is 11.7. The van der Waals surface area contributed by atoms with Gasteiger partial charge in [0.25, 0.3) is 0 Å². The van der Waals surface area contributed by atoms with Crippen molar-refractivity contribution in [3.8, 4) is 0 Å². The third-order valence-electron chi connectivity index (χ3n) is 6.62. The number of aryl methyl sites for hydroxylation is 1. The lowest BCUT2D eigenvalue weighted by molar-refractivity contribution is -0.119. The molecule has 1 aromatic carbocycles. The van der Waals surface area contributed by atoms with E-state index in [1.807, 2.05) is 46.8 Å². The molecular weight excluding hydrogens is 372 g/mol. The molecule has 1 N–H and O–H groups in total. The van der Waals surface area contributed by atoms with Crippen LogP contribution in [0.15, 0.2) is 18.2 Å². The number of hydrogen-bond acceptors (Lipinski definition) is 3. The second kappa shape index (κ2) is 9.21. The van der Waals surface area contributed by atoms with Crippen LogP contribution in [0.2, 0.25) is 0 Å². The van der Waals surface area contributed by atoms with Crippen molar-refractivity contribution in [2.45, 2.75) is 111 Å². The Morgan fingerprint density at radius 2 is 1.77 bits per heavy atom. The van der Waals surface area contributed by atoms with Crippen LogP contribution in [-0.4, -0.2) is 20.4 Å². The number of benzene rings is 1. The van der Waals surface area contributed by atoms with Gasteiger partial charge in [0.1, 0.15) is 11.6 Å². The maximum absolute atomic E-state index is 10.9. The third-order valence-corrected chi connectivity index (χ3v) is 6.62. The first-order chi connectivity index (χ1) is 14.0. The number of Topliss-reactive ketones (excluding diaryl/α,β-unsaturated/α-hetero) is 1. The van der Waals surface area contributed by atoms with E-state index in [1.54, 1.807) is 0 Å². The predicted octanol–water partition coefficient (Wildman–Crippen LogP) is 6.65. The van der Waals surface area contributed by atoms with E-state index in [2.05, 4.69) is 36.4 Å². The van der Waals surface area contributed by atoms with Crippen LogP contribution in [0.3, 0.4) is 0 Å². The molecule has 0 spiro atoms. The first-order valence-electron chi connectivity index (χ1n) is 11.7. The Morgan fingerprint density at radius 1 is 1.17 bits per heavy atom. The van der Waals surface area contributed by atoms with E-state index < -0.39 is 5.60 Å². The largest absolute Gasteiger partial charge is 0.386 e. The van der Waals surface area contributed by atoms with Gasteiger partial charge in [-0.15, -0.1) is 0 Å². The zero-order valence-electron chi connectivity index (χ0n) is 20.4. The molecule has 4 nitrogen and oxygen atoms in total. The fourth-order valence-corrected chi connectivity index (χ4v) is 4.16. The second-order valence-electron chi connectivity index (χ2n) is 9.99. The van der Waals surface area contributed by atoms with Crippen LogP contribution in [-0.2, 0) is 15.9 Å². The lowest BCUT2D eigenvalue weighted by atomic mass is 9.78. The molecule has 1 heterocycles. The van der Waals surface area contributed by atoms with E-state index >= 15 is 0 Å². The summed E-state index contributed by atoms with van der Waals surface area (Å²) in [4.78, 5) is 15.5. The lowest BCUT2D eigenvalue weighted by Gasteiger charge is -2.41. The van der Waals surface area contributed by atoms with Gasteiger partial charge < -0.3 is 9.67 Å². The summed E-state index contributed by atoms with van der Waals surface area (Å²) in [6, 6.07) is 6.09. The Kier molecular flexibility index (Phi) is 7.55. The number of nitrogens with zero attached hydrogens (tertiary/aromatic N) is 2. The van der Waals surface area contributed by atoms with E-state index in [-0.39, 0.29) is 5.54 Å². The Morgan fingerprint density at radius 3 is 2.20 bits per heavy atom. The van der Waals surface area contributed by atoms with E-state index in [9.17, 15) is 9.90 Å². The monoisotopic (exact) mass is 414 g/mol. The number of ketones is 1. The smallest absolute Gasteiger partial charge is 0.133 e. The van der Waals surface area contributed by atoms with Gasteiger partial charge in [-0.1, -0.05) is 33.8 Å². The molecule has 0 saturated heterocycles. The van der Waals surface area contributed by atoms with Crippen molar-refractivity contribution in [2.75, 3.05) is 0 Å². The predicted molar refractivity (Wildman–Crippen MR) is 126 cm³/mol. The summed E-state index contributed by atoms with van der Waals surface area (Å²) < 4.78 is 2.36. The number of rotatable bonds is 5. The number of aliphatic hydroxyl groups is 1. The van der Waals surface area contributed by atoms with Gasteiger partial charge in [0.15, 0.2) is 0 Å². The van der Waals surface area contributed by atoms with Gasteiger partial charge in [0.05, 0.1) is 16.6 Å². The van der Waals surface area contributed by atoms with Crippen molar-refractivity contribution in [3.05, 3.63) is 29.6 Å². The zero-order chi connectivity index (χ0) is 22.7. The molecule has 4 heteroatoms. The lowest BCUT2D eigenvalue weighted by Crippen LogP contribution is -2.37. The number of imidazole rings is 1. The van der Waals surface area contributed by atoms with Crippen LogP contribution in [0, 0.1) is 12.3 Å². The molecular formula is C26H42N2O2. The normalized spacial score (nSPS) is 18.4. The Bertz CT molecular complexity index is 865. The van der Waals surface area contributed by atoms with Crippen molar-refractivity contribution in [1.82, 2.24) is 9.55 Å². The van der Waals surface area contributed by atoms with Gasteiger partial charge in [0.2, 0.25) is 0 Å². The summed E-state index contributed by atoms with van der Waals surface area (Å²) in [7, 11) is 0. The van der Waals surface area contributed by atoms with E-state index in [0.29, 0.717) is 11.2 Å². The molecule has 0 atom stereocenters. The van der Waals surface area contributed by atoms with Crippen molar-refractivity contribution < 1.29 is 9.90 Å². The molecule has 2 saturated carbocycles. The molecule has 2 aromatic rings. The van der Waals surface area contributed by atoms with Crippen molar-refractivity contribution in [3.63, 3.8) is 0 Å². The fraction of sp³-hybridized carbons (Fsp3) is 0.692. The quantitative estimate of drug-likeness (QED) is 0.595. The van der Waals surface area contributed by atoms with E-state index in [4.69, 9.17) is 0 Å². The summed E-state index contributed by atoms with van der Waals surface area (Å²) in [5.74, 6) is 1.50. The van der Waals surface area contributed by atoms with Gasteiger partial charge in [-0.3, -0.25) is 4.79 Å². The minimum Gasteiger partial charge on any atom is -0.386 e. The molecule has 30 heavy (non-hydrogen) atoms. The molecule has 2 aliphatic rings. The fourth-order valence-electron chi connectivity index (χ4n) is 4.16. The van der Waals surface area contributed by atoms with Crippen LogP contribution >= 0.6 is 0 Å². The minimum atomic E-state index is -0.808. The summed E-state index contributed by atoms with van der Waals surface area (Å²) in [6.07, 6.45) is 7.79. The highest BCUT2D eigenvalue weighted by molar-refractivity contribution is 5.79. The average molecular weight is 415 g/mol. The van der Waals surface area contributed by atoms with Crippen LogP contribution in [0.4, 0.5) is 0 Å². The van der Waals surface area contributed by atoms with Crippen LogP contribution in [0.5, 0.6) is 0 Å². The maximum Gasteiger partial charge on any atom is 0.133 e. The number of hydrogen-bond donors (Lipinski definition) is 1. The van der Waals surface area contributed by atoms with Gasteiger partial charge in [-0.05, 0) is 82.9 Å². The van der Waals surface area contributed by atoms with E-state index in [1.165, 1.54) is 32.1 Å². The Hall–Kier alpha value is -1.68. The third kappa shape index (κ3) is 5.51. The molecule has 2 fully saturated rings. The molecule has 2 aliphatic carbocycles. The van der Waals surface area contributed by atoms with Gasteiger partial charge >= 0.3 is 0 Å². The van der Waals surface area contributed by atoms with Crippen LogP contribution in [0.1, 0.15) is 105 Å². The zero-order valence-corrected chi connectivity index (χ0v) is 20.4. The molecule has 0 amide bonds. The minimum absolute atomic E-state index is 0.205. The first kappa shape index (κ1) is 24.6. The average Bonchev–Trinajstić information content (AvgIpc) is 3.29. The van der Waals surface area contributed by atoms with Gasteiger partial charge in [-0.2, -0.15) is 0 Å². The standard InChI is InChI=1S/C16H22N2O.C8H14O.C2H6/c1-11-17-13-7-6-12(15(2,3)19)10-14(13)18(11)16(4)8-5-9-16;1-3-7(9)6-8(2)4-5-8;1-2/h6-7,10,19H,5,8-9H2,1-4H3;3-6H2,1-2H3;1-2H3. The van der Waals surface area contributed by atoms with Crippen molar-refractivity contribution >= 4 is 16.8 Å². The highest BCUT2D eigenvalue weighted by Gasteiger charge is 2.38. The Balaban J connectivity index is 0.000000245. The SMILES string of the molecule is CC.CCC(=O)CC1(C)CC1.Cc1nc2ccc(C(C)(C)O)cc2n1C1(C)CCC1. The number of carbonyl (C=O) groups excluding carboxylic acids is 1. The highest BCUT2D eigenvalue weighted by Crippen LogP contribution is 2.48. The topological polar surface area (TPSA) is 55.1 Å². The molecule has 1 aromatic heterocycles. The molecule has 0 radical (unpaired) electrons. The summed E-state index contributed by atoms with van der Waals surface area (Å²) in [5.41, 5.74) is 2.95. The molecule has 168 valence electrons. The maximum atomic E-state index is 10.9. The molecule has 4 rings (SSSR count). The van der Waals surface area contributed by atoms with Crippen molar-refractivity contribution in [2.24, 2.45) is 5.41 Å². The van der Waals surface area contributed by atoms with Crippen molar-refractivity contribution in [1.29, 1.82) is 0 Å². The van der Waals surface area contributed by atoms with E-state index in [0.717, 1.165) is 35.3 Å². The summed E-state index contributed by atoms with van der Waals surface area (Å²) in [6.45, 7) is 16.2. The Labute approximate surface area is 183 Å². The van der Waals surface area contributed by atoms with Gasteiger partial charge in [0, 0.05) is 18.4 Å². The van der Waals surface area contributed by atoms with Gasteiger partial charge in [-0.25, -0.2) is 4.98 Å². The summed E-state index contributed by atoms with van der Waals surface area (Å²) >= 11 is 0.